The maximum atomic E-state index is 5.71. The number of nitrogens with two attached hydrogens (primary N) is 1. The van der Waals surface area contributed by atoms with Crippen molar-refractivity contribution in [3.63, 3.8) is 0 Å². The van der Waals surface area contributed by atoms with Gasteiger partial charge in [-0.25, -0.2) is 4.98 Å². The molecule has 2 nitrogen and oxygen atoms in total. The van der Waals surface area contributed by atoms with Crippen molar-refractivity contribution in [3.05, 3.63) is 35.4 Å². The molecule has 2 aromatic rings. The number of nitrogens with zero attached hydrogens (tertiary/aromatic N) is 1. The third kappa shape index (κ3) is 1.35. The van der Waals surface area contributed by atoms with Gasteiger partial charge >= 0.3 is 0 Å². The number of benzene rings is 1. The largest absolute Gasteiger partial charge is 0.383 e. The van der Waals surface area contributed by atoms with Crippen LogP contribution in [0, 0.1) is 13.8 Å². The van der Waals surface area contributed by atoms with E-state index in [0.29, 0.717) is 5.82 Å². The third-order valence-electron chi connectivity index (χ3n) is 2.20. The molecule has 2 rings (SSSR count). The summed E-state index contributed by atoms with van der Waals surface area (Å²) in [5.74, 6) is 0.622. The molecule has 0 amide bonds. The van der Waals surface area contributed by atoms with E-state index >= 15 is 0 Å². The van der Waals surface area contributed by atoms with Gasteiger partial charge in [0.2, 0.25) is 0 Å². The Morgan fingerprint density at radius 1 is 1.15 bits per heavy atom. The molecule has 13 heavy (non-hydrogen) atoms. The summed E-state index contributed by atoms with van der Waals surface area (Å²) < 4.78 is 0. The molecule has 0 unspecified atom stereocenters. The molecular weight excluding hydrogens is 160 g/mol. The average molecular weight is 172 g/mol. The molecule has 1 aromatic heterocycles. The molecule has 0 fully saturated rings. The number of aryl methyl sites for hydroxylation is 2. The van der Waals surface area contributed by atoms with Crippen molar-refractivity contribution in [2.45, 2.75) is 13.8 Å². The van der Waals surface area contributed by atoms with E-state index in [4.69, 9.17) is 5.73 Å². The Morgan fingerprint density at radius 3 is 2.69 bits per heavy atom. The van der Waals surface area contributed by atoms with Crippen LogP contribution in [-0.2, 0) is 0 Å². The highest BCUT2D eigenvalue weighted by Crippen LogP contribution is 2.18. The van der Waals surface area contributed by atoms with E-state index in [2.05, 4.69) is 24.0 Å². The number of pyridine rings is 1. The Hall–Kier alpha value is -1.57. The van der Waals surface area contributed by atoms with Gasteiger partial charge in [0.25, 0.3) is 0 Å². The van der Waals surface area contributed by atoms with Gasteiger partial charge in [0.15, 0.2) is 0 Å². The zero-order valence-corrected chi connectivity index (χ0v) is 7.83. The minimum atomic E-state index is 0.622. The SMILES string of the molecule is Cc1ccc2nc(N)c(C)cc2c1. The van der Waals surface area contributed by atoms with Crippen LogP contribution in [0.4, 0.5) is 5.82 Å². The van der Waals surface area contributed by atoms with Crippen LogP contribution < -0.4 is 5.73 Å². The maximum Gasteiger partial charge on any atom is 0.127 e. The summed E-state index contributed by atoms with van der Waals surface area (Å²) in [5.41, 5.74) is 8.97. The van der Waals surface area contributed by atoms with Crippen molar-refractivity contribution >= 4 is 16.7 Å². The number of nitrogen functional groups attached to an aromatic ring is 1. The molecule has 0 saturated carbocycles. The fourth-order valence-electron chi connectivity index (χ4n) is 1.42. The highest BCUT2D eigenvalue weighted by Gasteiger charge is 1.99. The normalized spacial score (nSPS) is 10.6. The predicted molar refractivity (Wildman–Crippen MR) is 55.6 cm³/mol. The Morgan fingerprint density at radius 2 is 1.92 bits per heavy atom. The molecule has 0 aliphatic carbocycles. The highest BCUT2D eigenvalue weighted by atomic mass is 14.8. The molecular formula is C11H12N2. The number of aromatic nitrogens is 1. The van der Waals surface area contributed by atoms with E-state index in [1.165, 1.54) is 5.56 Å². The molecule has 1 heterocycles. The fourth-order valence-corrected chi connectivity index (χ4v) is 1.42. The van der Waals surface area contributed by atoms with Crippen LogP contribution in [-0.4, -0.2) is 4.98 Å². The Balaban J connectivity index is 2.81. The second-order valence-electron chi connectivity index (χ2n) is 3.39. The van der Waals surface area contributed by atoms with Gasteiger partial charge < -0.3 is 5.73 Å². The maximum absolute atomic E-state index is 5.71. The molecule has 66 valence electrons. The number of fused-ring (bicyclic) bond motifs is 1. The van der Waals surface area contributed by atoms with Crippen molar-refractivity contribution in [1.29, 1.82) is 0 Å². The number of hydrogen-bond acceptors (Lipinski definition) is 2. The van der Waals surface area contributed by atoms with Crippen LogP contribution in [0.3, 0.4) is 0 Å². The van der Waals surface area contributed by atoms with Gasteiger partial charge in [-0.3, -0.25) is 0 Å². The van der Waals surface area contributed by atoms with Gasteiger partial charge in [-0.1, -0.05) is 11.6 Å². The summed E-state index contributed by atoms with van der Waals surface area (Å²) in [4.78, 5) is 4.29. The van der Waals surface area contributed by atoms with Crippen LogP contribution in [0.2, 0.25) is 0 Å². The fraction of sp³-hybridized carbons (Fsp3) is 0.182. The first kappa shape index (κ1) is 8.05. The lowest BCUT2D eigenvalue weighted by molar-refractivity contribution is 1.33. The quantitative estimate of drug-likeness (QED) is 0.662. The summed E-state index contributed by atoms with van der Waals surface area (Å²) in [6.45, 7) is 4.05. The zero-order chi connectivity index (χ0) is 9.42. The van der Waals surface area contributed by atoms with Crippen molar-refractivity contribution in [1.82, 2.24) is 4.98 Å². The predicted octanol–water partition coefficient (Wildman–Crippen LogP) is 2.43. The van der Waals surface area contributed by atoms with Crippen LogP contribution in [0.1, 0.15) is 11.1 Å². The van der Waals surface area contributed by atoms with Crippen LogP contribution >= 0.6 is 0 Å². The molecule has 0 aliphatic heterocycles. The van der Waals surface area contributed by atoms with Gasteiger partial charge in [0, 0.05) is 5.39 Å². The van der Waals surface area contributed by atoms with Crippen LogP contribution in [0.25, 0.3) is 10.9 Å². The van der Waals surface area contributed by atoms with Crippen LogP contribution in [0.15, 0.2) is 24.3 Å². The monoisotopic (exact) mass is 172 g/mol. The summed E-state index contributed by atoms with van der Waals surface area (Å²) in [7, 11) is 0. The minimum Gasteiger partial charge on any atom is -0.383 e. The first-order chi connectivity index (χ1) is 6.16. The Kier molecular flexibility index (Phi) is 1.69. The molecule has 1 aromatic carbocycles. The van der Waals surface area contributed by atoms with Crippen molar-refractivity contribution in [3.8, 4) is 0 Å². The van der Waals surface area contributed by atoms with Gasteiger partial charge in [0.05, 0.1) is 5.52 Å². The summed E-state index contributed by atoms with van der Waals surface area (Å²) in [5, 5.41) is 1.16. The first-order valence-electron chi connectivity index (χ1n) is 4.30. The Bertz CT molecular complexity index is 461. The molecule has 0 radical (unpaired) electrons. The average Bonchev–Trinajstić information content (AvgIpc) is 2.08. The van der Waals surface area contributed by atoms with Gasteiger partial charge in [-0.2, -0.15) is 0 Å². The van der Waals surface area contributed by atoms with E-state index in [-0.39, 0.29) is 0 Å². The molecule has 0 bridgehead atoms. The molecule has 2 heteroatoms. The lowest BCUT2D eigenvalue weighted by atomic mass is 10.1. The van der Waals surface area contributed by atoms with E-state index in [9.17, 15) is 0 Å². The topological polar surface area (TPSA) is 38.9 Å². The lowest BCUT2D eigenvalue weighted by Crippen LogP contribution is -1.94. The smallest absolute Gasteiger partial charge is 0.127 e. The second-order valence-corrected chi connectivity index (χ2v) is 3.39. The number of anilines is 1. The van der Waals surface area contributed by atoms with Crippen molar-refractivity contribution in [2.24, 2.45) is 0 Å². The highest BCUT2D eigenvalue weighted by molar-refractivity contribution is 5.81. The van der Waals surface area contributed by atoms with Crippen molar-refractivity contribution < 1.29 is 0 Å². The molecule has 2 N–H and O–H groups in total. The van der Waals surface area contributed by atoms with E-state index in [1.807, 2.05) is 19.1 Å². The standard InChI is InChI=1S/C11H12N2/c1-7-3-4-10-9(5-7)6-8(2)11(12)13-10/h3-6H,1-2H3,(H2,12,13). The Labute approximate surface area is 77.4 Å². The molecule has 0 saturated heterocycles. The molecule has 0 atom stereocenters. The zero-order valence-electron chi connectivity index (χ0n) is 7.83. The van der Waals surface area contributed by atoms with Crippen molar-refractivity contribution in [2.75, 3.05) is 5.73 Å². The van der Waals surface area contributed by atoms with Crippen LogP contribution in [0.5, 0.6) is 0 Å². The summed E-state index contributed by atoms with van der Waals surface area (Å²) in [6.07, 6.45) is 0. The van der Waals surface area contributed by atoms with Gasteiger partial charge in [-0.05, 0) is 37.6 Å². The van der Waals surface area contributed by atoms with E-state index in [0.717, 1.165) is 16.5 Å². The minimum absolute atomic E-state index is 0.622. The number of hydrogen-bond donors (Lipinski definition) is 1. The number of rotatable bonds is 0. The van der Waals surface area contributed by atoms with Gasteiger partial charge in [-0.15, -0.1) is 0 Å². The van der Waals surface area contributed by atoms with Gasteiger partial charge in [0.1, 0.15) is 5.82 Å². The lowest BCUT2D eigenvalue weighted by Gasteiger charge is -2.03. The first-order valence-corrected chi connectivity index (χ1v) is 4.30. The molecule has 0 aliphatic rings. The van der Waals surface area contributed by atoms with E-state index in [1.54, 1.807) is 0 Å². The third-order valence-corrected chi connectivity index (χ3v) is 2.20. The summed E-state index contributed by atoms with van der Waals surface area (Å²) >= 11 is 0. The summed E-state index contributed by atoms with van der Waals surface area (Å²) in [6, 6.07) is 8.24. The second kappa shape index (κ2) is 2.73. The molecule has 0 spiro atoms. The van der Waals surface area contributed by atoms with E-state index < -0.39 is 0 Å².